The SMILES string of the molecule is C=CCOc1ccc(C=CC(=O)NCc2ccc(Br)cc2)cc1OC. The average Bonchev–Trinajstić information content (AvgIpc) is 2.64. The van der Waals surface area contributed by atoms with Crippen molar-refractivity contribution in [2.45, 2.75) is 6.54 Å². The molecule has 2 aromatic rings. The van der Waals surface area contributed by atoms with E-state index in [2.05, 4.69) is 27.8 Å². The minimum Gasteiger partial charge on any atom is -0.493 e. The van der Waals surface area contributed by atoms with Crippen LogP contribution in [0.25, 0.3) is 6.08 Å². The number of benzene rings is 2. The Morgan fingerprint density at radius 2 is 1.96 bits per heavy atom. The van der Waals surface area contributed by atoms with E-state index in [1.807, 2.05) is 42.5 Å². The minimum atomic E-state index is -0.158. The Labute approximate surface area is 156 Å². The molecule has 5 heteroatoms. The van der Waals surface area contributed by atoms with Gasteiger partial charge in [0.2, 0.25) is 5.91 Å². The van der Waals surface area contributed by atoms with Crippen LogP contribution in [0.1, 0.15) is 11.1 Å². The van der Waals surface area contributed by atoms with Gasteiger partial charge in [0.25, 0.3) is 0 Å². The summed E-state index contributed by atoms with van der Waals surface area (Å²) in [5.74, 6) is 1.09. The third kappa shape index (κ3) is 6.12. The van der Waals surface area contributed by atoms with Gasteiger partial charge in [-0.2, -0.15) is 0 Å². The van der Waals surface area contributed by atoms with Crippen LogP contribution in [-0.4, -0.2) is 19.6 Å². The summed E-state index contributed by atoms with van der Waals surface area (Å²) in [5.41, 5.74) is 1.89. The van der Waals surface area contributed by atoms with Crippen molar-refractivity contribution in [3.8, 4) is 11.5 Å². The van der Waals surface area contributed by atoms with Crippen LogP contribution >= 0.6 is 15.9 Å². The number of nitrogens with one attached hydrogen (secondary N) is 1. The number of methoxy groups -OCH3 is 1. The number of hydrogen-bond acceptors (Lipinski definition) is 3. The van der Waals surface area contributed by atoms with E-state index >= 15 is 0 Å². The van der Waals surface area contributed by atoms with E-state index in [0.29, 0.717) is 24.7 Å². The topological polar surface area (TPSA) is 47.6 Å². The van der Waals surface area contributed by atoms with Crippen LogP contribution in [0.15, 0.2) is 65.7 Å². The molecule has 0 aliphatic rings. The van der Waals surface area contributed by atoms with Gasteiger partial charge >= 0.3 is 0 Å². The first-order chi connectivity index (χ1) is 12.1. The molecule has 0 bridgehead atoms. The smallest absolute Gasteiger partial charge is 0.244 e. The minimum absolute atomic E-state index is 0.158. The molecule has 1 N–H and O–H groups in total. The first-order valence-corrected chi connectivity index (χ1v) is 8.53. The highest BCUT2D eigenvalue weighted by molar-refractivity contribution is 9.10. The monoisotopic (exact) mass is 401 g/mol. The summed E-state index contributed by atoms with van der Waals surface area (Å²) in [4.78, 5) is 11.9. The molecule has 0 atom stereocenters. The predicted octanol–water partition coefficient (Wildman–Crippen LogP) is 4.35. The largest absolute Gasteiger partial charge is 0.493 e. The van der Waals surface area contributed by atoms with Gasteiger partial charge in [-0.3, -0.25) is 4.79 Å². The molecule has 0 aliphatic heterocycles. The summed E-state index contributed by atoms with van der Waals surface area (Å²) in [7, 11) is 1.58. The predicted molar refractivity (Wildman–Crippen MR) is 104 cm³/mol. The highest BCUT2D eigenvalue weighted by atomic mass is 79.9. The van der Waals surface area contributed by atoms with E-state index in [9.17, 15) is 4.79 Å². The van der Waals surface area contributed by atoms with Gasteiger partial charge in [0, 0.05) is 17.1 Å². The summed E-state index contributed by atoms with van der Waals surface area (Å²) in [6.45, 7) is 4.50. The fourth-order valence-corrected chi connectivity index (χ4v) is 2.34. The standard InChI is InChI=1S/C20H20BrNO3/c1-3-12-25-18-10-6-15(13-19(18)24-2)7-11-20(23)22-14-16-4-8-17(21)9-5-16/h3-11,13H,1,12,14H2,2H3,(H,22,23). The Kier molecular flexibility index (Phi) is 7.29. The van der Waals surface area contributed by atoms with Crippen molar-refractivity contribution in [3.63, 3.8) is 0 Å². The molecule has 0 heterocycles. The van der Waals surface area contributed by atoms with Crippen LogP contribution in [0.3, 0.4) is 0 Å². The molecule has 130 valence electrons. The lowest BCUT2D eigenvalue weighted by Gasteiger charge is -2.09. The molecule has 0 unspecified atom stereocenters. The molecule has 0 aromatic heterocycles. The van der Waals surface area contributed by atoms with Gasteiger partial charge in [-0.25, -0.2) is 0 Å². The van der Waals surface area contributed by atoms with Gasteiger partial charge in [-0.1, -0.05) is 46.8 Å². The number of carbonyl (C=O) groups is 1. The first-order valence-electron chi connectivity index (χ1n) is 7.74. The average molecular weight is 402 g/mol. The Morgan fingerprint density at radius 1 is 1.20 bits per heavy atom. The van der Waals surface area contributed by atoms with Crippen LogP contribution in [0.4, 0.5) is 0 Å². The maximum atomic E-state index is 11.9. The Hall–Kier alpha value is -2.53. The number of rotatable bonds is 8. The molecular weight excluding hydrogens is 382 g/mol. The van der Waals surface area contributed by atoms with E-state index < -0.39 is 0 Å². The van der Waals surface area contributed by atoms with Gasteiger partial charge in [-0.15, -0.1) is 0 Å². The summed E-state index contributed by atoms with van der Waals surface area (Å²) < 4.78 is 11.8. The van der Waals surface area contributed by atoms with Crippen molar-refractivity contribution >= 4 is 27.9 Å². The highest BCUT2D eigenvalue weighted by Crippen LogP contribution is 2.28. The van der Waals surface area contributed by atoms with E-state index in [0.717, 1.165) is 15.6 Å². The van der Waals surface area contributed by atoms with Crippen molar-refractivity contribution in [2.24, 2.45) is 0 Å². The number of ether oxygens (including phenoxy) is 2. The maximum absolute atomic E-state index is 11.9. The molecular formula is C20H20BrNO3. The highest BCUT2D eigenvalue weighted by Gasteiger charge is 2.04. The molecule has 0 saturated carbocycles. The molecule has 0 radical (unpaired) electrons. The molecule has 0 saturated heterocycles. The third-order valence-corrected chi connectivity index (χ3v) is 3.88. The summed E-state index contributed by atoms with van der Waals surface area (Å²) in [6.07, 6.45) is 4.90. The van der Waals surface area contributed by atoms with Gasteiger partial charge in [0.05, 0.1) is 7.11 Å². The van der Waals surface area contributed by atoms with Crippen LogP contribution in [0.2, 0.25) is 0 Å². The molecule has 4 nitrogen and oxygen atoms in total. The fourth-order valence-electron chi connectivity index (χ4n) is 2.08. The zero-order valence-corrected chi connectivity index (χ0v) is 15.6. The van der Waals surface area contributed by atoms with Crippen molar-refractivity contribution < 1.29 is 14.3 Å². The van der Waals surface area contributed by atoms with E-state index in [-0.39, 0.29) is 5.91 Å². The lowest BCUT2D eigenvalue weighted by Crippen LogP contribution is -2.20. The molecule has 2 rings (SSSR count). The van der Waals surface area contributed by atoms with Crippen molar-refractivity contribution in [2.75, 3.05) is 13.7 Å². The molecule has 1 amide bonds. The zero-order chi connectivity index (χ0) is 18.1. The van der Waals surface area contributed by atoms with Gasteiger partial charge in [-0.05, 0) is 41.5 Å². The van der Waals surface area contributed by atoms with Crippen LogP contribution in [0, 0.1) is 0 Å². The number of amides is 1. The van der Waals surface area contributed by atoms with E-state index in [1.165, 1.54) is 6.08 Å². The molecule has 25 heavy (non-hydrogen) atoms. The van der Waals surface area contributed by atoms with Gasteiger partial charge in [0.1, 0.15) is 6.61 Å². The van der Waals surface area contributed by atoms with Crippen molar-refractivity contribution in [1.29, 1.82) is 0 Å². The second kappa shape index (κ2) is 9.69. The Morgan fingerprint density at radius 3 is 2.64 bits per heavy atom. The summed E-state index contributed by atoms with van der Waals surface area (Å²) >= 11 is 3.38. The second-order valence-corrected chi connectivity index (χ2v) is 6.10. The second-order valence-electron chi connectivity index (χ2n) is 5.19. The lowest BCUT2D eigenvalue weighted by atomic mass is 10.2. The van der Waals surface area contributed by atoms with Crippen molar-refractivity contribution in [1.82, 2.24) is 5.32 Å². The van der Waals surface area contributed by atoms with Crippen molar-refractivity contribution in [3.05, 3.63) is 76.8 Å². The molecule has 0 fully saturated rings. The van der Waals surface area contributed by atoms with Crippen LogP contribution in [-0.2, 0) is 11.3 Å². The summed E-state index contributed by atoms with van der Waals surface area (Å²) in [6, 6.07) is 13.3. The van der Waals surface area contributed by atoms with Crippen LogP contribution < -0.4 is 14.8 Å². The quantitative estimate of drug-likeness (QED) is 0.528. The van der Waals surface area contributed by atoms with Gasteiger partial charge in [0.15, 0.2) is 11.5 Å². The maximum Gasteiger partial charge on any atom is 0.244 e. The zero-order valence-electron chi connectivity index (χ0n) is 14.0. The third-order valence-electron chi connectivity index (χ3n) is 3.35. The lowest BCUT2D eigenvalue weighted by molar-refractivity contribution is -0.116. The summed E-state index contributed by atoms with van der Waals surface area (Å²) in [5, 5.41) is 2.85. The normalized spacial score (nSPS) is 10.5. The number of hydrogen-bond donors (Lipinski definition) is 1. The number of carbonyl (C=O) groups excluding carboxylic acids is 1. The fraction of sp³-hybridized carbons (Fsp3) is 0.150. The number of halogens is 1. The van der Waals surface area contributed by atoms with Crippen LogP contribution in [0.5, 0.6) is 11.5 Å². The molecule has 2 aromatic carbocycles. The Bertz CT molecular complexity index is 754. The van der Waals surface area contributed by atoms with Gasteiger partial charge < -0.3 is 14.8 Å². The van der Waals surface area contributed by atoms with E-state index in [4.69, 9.17) is 9.47 Å². The van der Waals surface area contributed by atoms with E-state index in [1.54, 1.807) is 19.3 Å². The molecule has 0 spiro atoms. The first kappa shape index (κ1) is 18.8. The molecule has 0 aliphatic carbocycles. The Balaban J connectivity index is 1.94.